The third-order valence-corrected chi connectivity index (χ3v) is 4.93. The molecule has 27 heavy (non-hydrogen) atoms. The van der Waals surface area contributed by atoms with Gasteiger partial charge in [-0.3, -0.25) is 0 Å². The molecule has 0 aromatic carbocycles. The molecule has 1 aliphatic heterocycles. The summed E-state index contributed by atoms with van der Waals surface area (Å²) in [5.41, 5.74) is 0. The van der Waals surface area contributed by atoms with E-state index in [1.54, 1.807) is 17.6 Å². The molecule has 0 spiro atoms. The molecule has 3 rings (SSSR count). The molecule has 0 bridgehead atoms. The largest absolute Gasteiger partial charge is 0.469 e. The molecular formula is C19H28IN3O3S. The molecule has 2 aromatic heterocycles. The highest BCUT2D eigenvalue weighted by Gasteiger charge is 2.17. The third kappa shape index (κ3) is 8.20. The predicted octanol–water partition coefficient (Wildman–Crippen LogP) is 3.43. The van der Waals surface area contributed by atoms with Crippen LogP contribution in [-0.2, 0) is 22.4 Å². The van der Waals surface area contributed by atoms with E-state index >= 15 is 0 Å². The molecule has 0 amide bonds. The van der Waals surface area contributed by atoms with Crippen molar-refractivity contribution in [1.82, 2.24) is 10.6 Å². The van der Waals surface area contributed by atoms with E-state index in [0.717, 1.165) is 37.7 Å². The molecule has 2 N–H and O–H groups in total. The Labute approximate surface area is 181 Å². The molecule has 2 unspecified atom stereocenters. The predicted molar refractivity (Wildman–Crippen MR) is 119 cm³/mol. The van der Waals surface area contributed by atoms with Crippen molar-refractivity contribution in [3.8, 4) is 0 Å². The average molecular weight is 505 g/mol. The van der Waals surface area contributed by atoms with Gasteiger partial charge in [-0.25, -0.2) is 4.99 Å². The van der Waals surface area contributed by atoms with E-state index in [2.05, 4.69) is 29.0 Å². The molecule has 3 heterocycles. The lowest BCUT2D eigenvalue weighted by molar-refractivity contribution is 0.0347. The fourth-order valence-electron chi connectivity index (χ4n) is 2.67. The fourth-order valence-corrected chi connectivity index (χ4v) is 3.30. The molecule has 0 saturated carbocycles. The van der Waals surface area contributed by atoms with Gasteiger partial charge < -0.3 is 24.5 Å². The molecule has 6 nitrogen and oxygen atoms in total. The summed E-state index contributed by atoms with van der Waals surface area (Å²) in [6.45, 7) is 5.66. The Bertz CT molecular complexity index is 643. The van der Waals surface area contributed by atoms with Crippen molar-refractivity contribution >= 4 is 41.3 Å². The molecule has 1 fully saturated rings. The van der Waals surface area contributed by atoms with Crippen molar-refractivity contribution in [3.63, 3.8) is 0 Å². The van der Waals surface area contributed by atoms with Crippen LogP contribution in [0.15, 0.2) is 45.3 Å². The van der Waals surface area contributed by atoms with E-state index in [0.29, 0.717) is 19.8 Å². The first kappa shape index (κ1) is 22.2. The van der Waals surface area contributed by atoms with Gasteiger partial charge in [0, 0.05) is 30.5 Å². The minimum Gasteiger partial charge on any atom is -0.469 e. The Morgan fingerprint density at radius 1 is 1.41 bits per heavy atom. The number of halogens is 1. The van der Waals surface area contributed by atoms with E-state index in [1.165, 1.54) is 4.88 Å². The van der Waals surface area contributed by atoms with Crippen LogP contribution in [0.3, 0.4) is 0 Å². The zero-order valence-corrected chi connectivity index (χ0v) is 18.7. The standard InChI is InChI=1S/C19H27N3O3S.HI/c1-15(13-25-17-7-10-23-14-17)22-19(21-12-18-5-3-11-26-18)20-8-6-16-4-2-9-24-16;/h2-5,9,11,15,17H,6-8,10,12-14H2,1H3,(H2,20,21,22);1H. The Kier molecular flexibility index (Phi) is 10.2. The first-order valence-corrected chi connectivity index (χ1v) is 9.96. The van der Waals surface area contributed by atoms with Gasteiger partial charge >= 0.3 is 0 Å². The lowest BCUT2D eigenvalue weighted by Crippen LogP contribution is -2.45. The maximum atomic E-state index is 5.90. The second-order valence-corrected chi connectivity index (χ2v) is 7.40. The minimum absolute atomic E-state index is 0. The zero-order valence-electron chi connectivity index (χ0n) is 15.6. The second kappa shape index (κ2) is 12.4. The van der Waals surface area contributed by atoms with Gasteiger partial charge in [-0.2, -0.15) is 0 Å². The summed E-state index contributed by atoms with van der Waals surface area (Å²) in [5, 5.41) is 8.89. The Hall–Kier alpha value is -1.10. The molecule has 0 aliphatic carbocycles. The highest BCUT2D eigenvalue weighted by Crippen LogP contribution is 2.10. The second-order valence-electron chi connectivity index (χ2n) is 6.36. The van der Waals surface area contributed by atoms with Crippen molar-refractivity contribution in [2.75, 3.05) is 26.4 Å². The molecular weight excluding hydrogens is 477 g/mol. The third-order valence-electron chi connectivity index (χ3n) is 4.07. The van der Waals surface area contributed by atoms with Crippen LogP contribution in [-0.4, -0.2) is 44.5 Å². The number of nitrogens with zero attached hydrogens (tertiary/aromatic N) is 1. The van der Waals surface area contributed by atoms with Gasteiger partial charge in [0.1, 0.15) is 5.76 Å². The summed E-state index contributed by atoms with van der Waals surface area (Å²) in [6, 6.07) is 8.20. The average Bonchev–Trinajstić information content (AvgIpc) is 3.41. The van der Waals surface area contributed by atoms with Crippen molar-refractivity contribution in [3.05, 3.63) is 46.5 Å². The van der Waals surface area contributed by atoms with Crippen LogP contribution in [0.2, 0.25) is 0 Å². The van der Waals surface area contributed by atoms with E-state index in [-0.39, 0.29) is 36.1 Å². The fraction of sp³-hybridized carbons (Fsp3) is 0.526. The van der Waals surface area contributed by atoms with Gasteiger partial charge in [0.25, 0.3) is 0 Å². The van der Waals surface area contributed by atoms with Crippen LogP contribution < -0.4 is 10.6 Å². The van der Waals surface area contributed by atoms with Gasteiger partial charge in [-0.1, -0.05) is 6.07 Å². The maximum Gasteiger partial charge on any atom is 0.191 e. The number of nitrogens with one attached hydrogen (secondary N) is 2. The van der Waals surface area contributed by atoms with E-state index in [4.69, 9.17) is 18.9 Å². The normalized spacial score (nSPS) is 18.1. The monoisotopic (exact) mass is 505 g/mol. The Morgan fingerprint density at radius 3 is 3.04 bits per heavy atom. The number of hydrogen-bond acceptors (Lipinski definition) is 5. The number of furan rings is 1. The quantitative estimate of drug-likeness (QED) is 0.311. The van der Waals surface area contributed by atoms with E-state index in [1.807, 2.05) is 18.2 Å². The van der Waals surface area contributed by atoms with Gasteiger partial charge in [0.2, 0.25) is 0 Å². The molecule has 1 saturated heterocycles. The van der Waals surface area contributed by atoms with Crippen molar-refractivity contribution in [2.24, 2.45) is 4.99 Å². The van der Waals surface area contributed by atoms with Crippen LogP contribution in [0.25, 0.3) is 0 Å². The van der Waals surface area contributed by atoms with Gasteiger partial charge in [0.05, 0.1) is 32.1 Å². The number of rotatable bonds is 9. The zero-order chi connectivity index (χ0) is 18.0. The first-order chi connectivity index (χ1) is 12.8. The molecule has 0 radical (unpaired) electrons. The van der Waals surface area contributed by atoms with Crippen molar-refractivity contribution < 1.29 is 13.9 Å². The van der Waals surface area contributed by atoms with Gasteiger partial charge in [-0.15, -0.1) is 35.3 Å². The number of guanidine groups is 1. The minimum atomic E-state index is 0. The van der Waals surface area contributed by atoms with Gasteiger partial charge in [0.15, 0.2) is 5.96 Å². The molecule has 150 valence electrons. The van der Waals surface area contributed by atoms with E-state index < -0.39 is 0 Å². The van der Waals surface area contributed by atoms with Crippen LogP contribution in [0, 0.1) is 0 Å². The Morgan fingerprint density at radius 2 is 2.33 bits per heavy atom. The summed E-state index contributed by atoms with van der Waals surface area (Å²) in [5.74, 6) is 1.76. The highest BCUT2D eigenvalue weighted by atomic mass is 127. The SMILES string of the molecule is CC(COC1CCOC1)NC(=NCc1cccs1)NCCc1ccco1.I. The lowest BCUT2D eigenvalue weighted by Gasteiger charge is -2.20. The lowest BCUT2D eigenvalue weighted by atomic mass is 10.3. The maximum absolute atomic E-state index is 5.90. The smallest absolute Gasteiger partial charge is 0.191 e. The molecule has 8 heteroatoms. The van der Waals surface area contributed by atoms with Crippen LogP contribution in [0.4, 0.5) is 0 Å². The summed E-state index contributed by atoms with van der Waals surface area (Å²) in [4.78, 5) is 5.94. The Balaban J connectivity index is 0.00000261. The first-order valence-electron chi connectivity index (χ1n) is 9.08. The van der Waals surface area contributed by atoms with Crippen LogP contribution in [0.1, 0.15) is 24.0 Å². The molecule has 1 aliphatic rings. The number of aliphatic imine (C=N–C) groups is 1. The van der Waals surface area contributed by atoms with Crippen LogP contribution in [0.5, 0.6) is 0 Å². The van der Waals surface area contributed by atoms with Crippen molar-refractivity contribution in [1.29, 1.82) is 0 Å². The number of thiophene rings is 1. The summed E-state index contributed by atoms with van der Waals surface area (Å²) in [6.07, 6.45) is 3.72. The number of hydrogen-bond donors (Lipinski definition) is 2. The van der Waals surface area contributed by atoms with E-state index in [9.17, 15) is 0 Å². The summed E-state index contributed by atoms with van der Waals surface area (Å²) < 4.78 is 16.6. The van der Waals surface area contributed by atoms with Crippen molar-refractivity contribution in [2.45, 2.75) is 38.5 Å². The molecule has 2 aromatic rings. The van der Waals surface area contributed by atoms with Gasteiger partial charge in [-0.05, 0) is 36.9 Å². The molecule has 2 atom stereocenters. The number of ether oxygens (including phenoxy) is 2. The summed E-state index contributed by atoms with van der Waals surface area (Å²) >= 11 is 1.72. The highest BCUT2D eigenvalue weighted by molar-refractivity contribution is 14.0. The topological polar surface area (TPSA) is 68.0 Å². The summed E-state index contributed by atoms with van der Waals surface area (Å²) in [7, 11) is 0. The van der Waals surface area contributed by atoms with Crippen LogP contribution >= 0.6 is 35.3 Å².